The number of nitrogens with zero attached hydrogens (tertiary/aromatic N) is 3. The van der Waals surface area contributed by atoms with Crippen molar-refractivity contribution in [2.45, 2.75) is 24.3 Å². The summed E-state index contributed by atoms with van der Waals surface area (Å²) in [5, 5.41) is 11.2. The molecule has 9 nitrogen and oxygen atoms in total. The fourth-order valence-electron chi connectivity index (χ4n) is 1.81. The molecule has 1 aromatic rings. The predicted octanol–water partition coefficient (Wildman–Crippen LogP) is 1.11. The maximum atomic E-state index is 11.4. The molecular formula is C11H15N5O4S. The Kier molecular flexibility index (Phi) is 4.58. The van der Waals surface area contributed by atoms with E-state index in [9.17, 15) is 14.9 Å². The van der Waals surface area contributed by atoms with E-state index in [1.807, 2.05) is 0 Å². The number of esters is 1. The van der Waals surface area contributed by atoms with Crippen LogP contribution in [0.4, 0.5) is 11.6 Å². The molecule has 1 fully saturated rings. The predicted molar refractivity (Wildman–Crippen MR) is 75.5 cm³/mol. The highest BCUT2D eigenvalue weighted by atomic mass is 32.2. The van der Waals surface area contributed by atoms with Gasteiger partial charge in [0, 0.05) is 5.75 Å². The number of ether oxygens (including phenoxy) is 1. The number of aromatic nitrogens is 2. The lowest BCUT2D eigenvalue weighted by molar-refractivity contribution is -0.388. The Hall–Kier alpha value is -1.94. The van der Waals surface area contributed by atoms with E-state index >= 15 is 0 Å². The average molecular weight is 313 g/mol. The molecule has 0 atom stereocenters. The number of hydrogen-bond acceptors (Lipinski definition) is 9. The topological polar surface area (TPSA) is 133 Å². The molecule has 1 heterocycles. The number of carbonyl (C=O) groups is 1. The number of nitrogen functional groups attached to an aromatic ring is 1. The zero-order valence-electron chi connectivity index (χ0n) is 11.4. The molecule has 0 unspecified atom stereocenters. The lowest BCUT2D eigenvalue weighted by Gasteiger charge is -2.12. The van der Waals surface area contributed by atoms with Gasteiger partial charge in [0.25, 0.3) is 0 Å². The van der Waals surface area contributed by atoms with Crippen LogP contribution in [-0.4, -0.2) is 33.7 Å². The molecule has 1 aromatic heterocycles. The highest BCUT2D eigenvalue weighted by molar-refractivity contribution is 7.99. The number of nitrogens with one attached hydrogen (secondary N) is 1. The quantitative estimate of drug-likeness (QED) is 0.189. The van der Waals surface area contributed by atoms with Crippen LogP contribution in [0.25, 0.3) is 0 Å². The van der Waals surface area contributed by atoms with E-state index < -0.39 is 4.92 Å². The number of carbonyl (C=O) groups excluding carboxylic acids is 1. The van der Waals surface area contributed by atoms with Gasteiger partial charge in [-0.2, -0.15) is 4.98 Å². The molecular weight excluding hydrogens is 298 g/mol. The molecule has 0 aromatic carbocycles. The fourth-order valence-corrected chi connectivity index (χ4v) is 3.07. The third-order valence-corrected chi connectivity index (χ3v) is 4.61. The van der Waals surface area contributed by atoms with Crippen LogP contribution in [-0.2, 0) is 9.53 Å². The number of hydrogen-bond donors (Lipinski definition) is 2. The summed E-state index contributed by atoms with van der Waals surface area (Å²) in [4.78, 5) is 29.5. The van der Waals surface area contributed by atoms with Crippen LogP contribution in [0.3, 0.4) is 0 Å². The smallest absolute Gasteiger partial charge is 0.319 e. The molecule has 0 spiro atoms. The average Bonchev–Trinajstić information content (AvgIpc) is 3.24. The zero-order valence-corrected chi connectivity index (χ0v) is 12.2. The van der Waals surface area contributed by atoms with Gasteiger partial charge in [-0.3, -0.25) is 20.3 Å². The number of methoxy groups -OCH3 is 1. The van der Waals surface area contributed by atoms with E-state index in [4.69, 9.17) is 5.84 Å². The Balaban J connectivity index is 2.08. The van der Waals surface area contributed by atoms with Gasteiger partial charge in [-0.25, -0.2) is 10.8 Å². The van der Waals surface area contributed by atoms with Crippen molar-refractivity contribution in [3.63, 3.8) is 0 Å². The maximum absolute atomic E-state index is 11.4. The van der Waals surface area contributed by atoms with Crippen molar-refractivity contribution in [3.05, 3.63) is 16.3 Å². The van der Waals surface area contributed by atoms with E-state index in [1.54, 1.807) is 0 Å². The molecule has 3 N–H and O–H groups in total. The third kappa shape index (κ3) is 3.79. The third-order valence-electron chi connectivity index (χ3n) is 3.28. The number of hydrazine groups is 1. The van der Waals surface area contributed by atoms with Crippen LogP contribution in [0.5, 0.6) is 0 Å². The van der Waals surface area contributed by atoms with Gasteiger partial charge in [-0.05, 0) is 18.3 Å². The summed E-state index contributed by atoms with van der Waals surface area (Å²) in [5.74, 6) is 5.61. The first-order valence-corrected chi connectivity index (χ1v) is 7.16. The van der Waals surface area contributed by atoms with Gasteiger partial charge < -0.3 is 4.74 Å². The number of nitrogens with two attached hydrogens (primary N) is 1. The van der Waals surface area contributed by atoms with Crippen molar-refractivity contribution in [3.8, 4) is 0 Å². The fraction of sp³-hybridized carbons (Fsp3) is 0.545. The normalized spacial score (nSPS) is 15.3. The molecule has 10 heteroatoms. The van der Waals surface area contributed by atoms with Gasteiger partial charge in [0.15, 0.2) is 5.03 Å². The second kappa shape index (κ2) is 6.22. The zero-order chi connectivity index (χ0) is 15.5. The summed E-state index contributed by atoms with van der Waals surface area (Å²) >= 11 is 1.23. The summed E-state index contributed by atoms with van der Waals surface area (Å²) in [7, 11) is 1.35. The largest absolute Gasteiger partial charge is 0.469 e. The van der Waals surface area contributed by atoms with Crippen molar-refractivity contribution in [2.75, 3.05) is 18.3 Å². The molecule has 1 aliphatic rings. The van der Waals surface area contributed by atoms with Crippen LogP contribution in [0, 0.1) is 15.5 Å². The molecule has 21 heavy (non-hydrogen) atoms. The van der Waals surface area contributed by atoms with Gasteiger partial charge in [0.05, 0.1) is 18.5 Å². The Morgan fingerprint density at radius 1 is 1.67 bits per heavy atom. The van der Waals surface area contributed by atoms with E-state index in [0.717, 1.165) is 19.0 Å². The summed E-state index contributed by atoms with van der Waals surface area (Å²) in [6, 6.07) is 0. The molecule has 1 saturated carbocycles. The number of thioether (sulfide) groups is 1. The molecule has 114 valence electrons. The molecule has 0 saturated heterocycles. The SMILES string of the molecule is COC(=O)CC1(CSc2nc(NN)ncc2[N+](=O)[O-])CC1. The Morgan fingerprint density at radius 2 is 2.38 bits per heavy atom. The van der Waals surface area contributed by atoms with E-state index in [0.29, 0.717) is 12.2 Å². The molecule has 0 amide bonds. The molecule has 2 rings (SSSR count). The summed E-state index contributed by atoms with van der Waals surface area (Å²) in [6.45, 7) is 0. The van der Waals surface area contributed by atoms with Crippen molar-refractivity contribution >= 4 is 29.4 Å². The van der Waals surface area contributed by atoms with Crippen LogP contribution in [0.15, 0.2) is 11.2 Å². The standard InChI is InChI=1S/C11H15N5O4S/c1-20-8(17)4-11(2-3-11)6-21-9-7(16(18)19)5-13-10(14-9)15-12/h5H,2-4,6,12H2,1H3,(H,13,14,15). The van der Waals surface area contributed by atoms with Gasteiger partial charge in [0.1, 0.15) is 6.20 Å². The Bertz CT molecular complexity index is 564. The molecule has 0 bridgehead atoms. The van der Waals surface area contributed by atoms with Gasteiger partial charge >= 0.3 is 11.7 Å². The van der Waals surface area contributed by atoms with Gasteiger partial charge in [0.2, 0.25) is 5.95 Å². The summed E-state index contributed by atoms with van der Waals surface area (Å²) in [5.41, 5.74) is 1.94. The van der Waals surface area contributed by atoms with Gasteiger partial charge in [-0.15, -0.1) is 0 Å². The van der Waals surface area contributed by atoms with Gasteiger partial charge in [-0.1, -0.05) is 11.8 Å². The highest BCUT2D eigenvalue weighted by Crippen LogP contribution is 2.52. The molecule has 0 radical (unpaired) electrons. The van der Waals surface area contributed by atoms with Crippen LogP contribution < -0.4 is 11.3 Å². The number of anilines is 1. The second-order valence-corrected chi connectivity index (χ2v) is 5.79. The van der Waals surface area contributed by atoms with Crippen molar-refractivity contribution in [1.82, 2.24) is 9.97 Å². The minimum Gasteiger partial charge on any atom is -0.469 e. The first-order valence-electron chi connectivity index (χ1n) is 6.17. The lowest BCUT2D eigenvalue weighted by atomic mass is 10.1. The van der Waals surface area contributed by atoms with E-state index in [1.165, 1.54) is 18.9 Å². The van der Waals surface area contributed by atoms with Crippen molar-refractivity contribution < 1.29 is 14.5 Å². The summed E-state index contributed by atoms with van der Waals surface area (Å²) in [6.07, 6.45) is 3.23. The highest BCUT2D eigenvalue weighted by Gasteiger charge is 2.45. The van der Waals surface area contributed by atoms with Crippen LogP contribution >= 0.6 is 11.8 Å². The lowest BCUT2D eigenvalue weighted by Crippen LogP contribution is -2.14. The van der Waals surface area contributed by atoms with Crippen LogP contribution in [0.1, 0.15) is 19.3 Å². The Labute approximate surface area is 124 Å². The maximum Gasteiger partial charge on any atom is 0.319 e. The summed E-state index contributed by atoms with van der Waals surface area (Å²) < 4.78 is 4.67. The van der Waals surface area contributed by atoms with Crippen molar-refractivity contribution in [2.24, 2.45) is 11.3 Å². The van der Waals surface area contributed by atoms with Crippen LogP contribution in [0.2, 0.25) is 0 Å². The van der Waals surface area contributed by atoms with E-state index in [-0.39, 0.29) is 28.0 Å². The molecule has 0 aliphatic heterocycles. The van der Waals surface area contributed by atoms with Crippen molar-refractivity contribution in [1.29, 1.82) is 0 Å². The monoisotopic (exact) mass is 313 g/mol. The van der Waals surface area contributed by atoms with E-state index in [2.05, 4.69) is 20.1 Å². The minimum absolute atomic E-state index is 0.112. The second-order valence-electron chi connectivity index (χ2n) is 4.83. The number of nitro groups is 1. The first kappa shape index (κ1) is 15.4. The molecule has 1 aliphatic carbocycles. The Morgan fingerprint density at radius 3 is 2.90 bits per heavy atom. The minimum atomic E-state index is -0.539. The number of rotatable bonds is 7. The first-order chi connectivity index (χ1) is 9.99.